The van der Waals surface area contributed by atoms with Crippen LogP contribution in [-0.4, -0.2) is 12.6 Å². The van der Waals surface area contributed by atoms with Crippen molar-refractivity contribution >= 4 is 15.9 Å². The quantitative estimate of drug-likeness (QED) is 0.896. The Labute approximate surface area is 112 Å². The molecule has 1 aromatic carbocycles. The lowest BCUT2D eigenvalue weighted by molar-refractivity contribution is 0.118. The summed E-state index contributed by atoms with van der Waals surface area (Å²) in [7, 11) is 0. The summed E-state index contributed by atoms with van der Waals surface area (Å²) in [5.41, 5.74) is 6.92. The first kappa shape index (κ1) is 12.9. The van der Waals surface area contributed by atoms with Gasteiger partial charge >= 0.3 is 0 Å². The van der Waals surface area contributed by atoms with Gasteiger partial charge in [0.2, 0.25) is 0 Å². The maximum absolute atomic E-state index is 6.04. The molecule has 0 spiro atoms. The second kappa shape index (κ2) is 5.87. The summed E-state index contributed by atoms with van der Waals surface area (Å²) in [6.45, 7) is 2.93. The number of ether oxygens (including phenoxy) is 1. The molecule has 0 bridgehead atoms. The molecule has 94 valence electrons. The van der Waals surface area contributed by atoms with Gasteiger partial charge in [-0.2, -0.15) is 0 Å². The van der Waals surface area contributed by atoms with Gasteiger partial charge in [-0.3, -0.25) is 0 Å². The van der Waals surface area contributed by atoms with Crippen molar-refractivity contribution in [1.29, 1.82) is 0 Å². The molecular weight excluding hydrogens is 278 g/mol. The van der Waals surface area contributed by atoms with Crippen LogP contribution in [0.15, 0.2) is 22.7 Å². The van der Waals surface area contributed by atoms with Crippen LogP contribution in [0.5, 0.6) is 5.75 Å². The van der Waals surface area contributed by atoms with E-state index in [2.05, 4.69) is 35.0 Å². The molecule has 0 saturated heterocycles. The van der Waals surface area contributed by atoms with E-state index in [4.69, 9.17) is 10.5 Å². The van der Waals surface area contributed by atoms with E-state index in [-0.39, 0.29) is 0 Å². The van der Waals surface area contributed by atoms with Crippen molar-refractivity contribution in [2.75, 3.05) is 6.54 Å². The van der Waals surface area contributed by atoms with Gasteiger partial charge in [0.25, 0.3) is 0 Å². The standard InChI is InChI=1S/C14H20BrNO/c1-10(7-8-16)13-9-11(15)5-6-14(13)17-12-3-2-4-12/h5-6,9-10,12H,2-4,7-8,16H2,1H3. The molecule has 0 radical (unpaired) electrons. The van der Waals surface area contributed by atoms with Crippen molar-refractivity contribution < 1.29 is 4.74 Å². The maximum atomic E-state index is 6.04. The molecule has 1 aliphatic carbocycles. The molecule has 0 aromatic heterocycles. The number of benzene rings is 1. The van der Waals surface area contributed by atoms with Gasteiger partial charge in [0, 0.05) is 4.47 Å². The Morgan fingerprint density at radius 3 is 2.82 bits per heavy atom. The Hall–Kier alpha value is -0.540. The van der Waals surface area contributed by atoms with E-state index in [9.17, 15) is 0 Å². The van der Waals surface area contributed by atoms with Gasteiger partial charge in [-0.1, -0.05) is 22.9 Å². The van der Waals surface area contributed by atoms with Crippen LogP contribution >= 0.6 is 15.9 Å². The highest BCUT2D eigenvalue weighted by Crippen LogP contribution is 2.34. The lowest BCUT2D eigenvalue weighted by Crippen LogP contribution is -2.25. The minimum Gasteiger partial charge on any atom is -0.490 e. The van der Waals surface area contributed by atoms with E-state index in [1.807, 2.05) is 6.07 Å². The van der Waals surface area contributed by atoms with Crippen LogP contribution in [0.4, 0.5) is 0 Å². The predicted molar refractivity (Wildman–Crippen MR) is 74.5 cm³/mol. The highest BCUT2D eigenvalue weighted by atomic mass is 79.9. The average molecular weight is 298 g/mol. The molecule has 1 aromatic rings. The van der Waals surface area contributed by atoms with Crippen molar-refractivity contribution in [2.24, 2.45) is 5.73 Å². The predicted octanol–water partition coefficient (Wildman–Crippen LogP) is 3.83. The van der Waals surface area contributed by atoms with E-state index in [0.717, 1.165) is 23.2 Å². The zero-order valence-electron chi connectivity index (χ0n) is 10.3. The average Bonchev–Trinajstić information content (AvgIpc) is 2.25. The SMILES string of the molecule is CC(CCN)c1cc(Br)ccc1OC1CCC1. The lowest BCUT2D eigenvalue weighted by atomic mass is 9.94. The summed E-state index contributed by atoms with van der Waals surface area (Å²) in [4.78, 5) is 0. The van der Waals surface area contributed by atoms with E-state index < -0.39 is 0 Å². The number of hydrogen-bond acceptors (Lipinski definition) is 2. The molecule has 1 atom stereocenters. The Kier molecular flexibility index (Phi) is 4.46. The number of nitrogens with two attached hydrogens (primary N) is 1. The molecule has 1 unspecified atom stereocenters. The van der Waals surface area contributed by atoms with Crippen LogP contribution in [0.1, 0.15) is 44.1 Å². The molecule has 0 amide bonds. The molecule has 2 rings (SSSR count). The third-order valence-electron chi connectivity index (χ3n) is 3.45. The molecule has 1 fully saturated rings. The molecular formula is C14H20BrNO. The second-order valence-corrected chi connectivity index (χ2v) is 5.75. The highest BCUT2D eigenvalue weighted by molar-refractivity contribution is 9.10. The number of halogens is 1. The topological polar surface area (TPSA) is 35.2 Å². The van der Waals surface area contributed by atoms with E-state index in [1.165, 1.54) is 24.8 Å². The summed E-state index contributed by atoms with van der Waals surface area (Å²) < 4.78 is 7.15. The van der Waals surface area contributed by atoms with Gasteiger partial charge in [0.1, 0.15) is 5.75 Å². The zero-order valence-corrected chi connectivity index (χ0v) is 11.9. The fourth-order valence-electron chi connectivity index (χ4n) is 2.09. The summed E-state index contributed by atoms with van der Waals surface area (Å²) in [5.74, 6) is 1.49. The Bertz CT molecular complexity index is 376. The number of hydrogen-bond donors (Lipinski definition) is 1. The van der Waals surface area contributed by atoms with Crippen molar-refractivity contribution in [3.63, 3.8) is 0 Å². The minimum absolute atomic E-state index is 0.431. The lowest BCUT2D eigenvalue weighted by Gasteiger charge is -2.28. The van der Waals surface area contributed by atoms with Gasteiger partial charge in [-0.15, -0.1) is 0 Å². The summed E-state index contributed by atoms with van der Waals surface area (Å²) >= 11 is 3.53. The first-order valence-electron chi connectivity index (χ1n) is 6.37. The fourth-order valence-corrected chi connectivity index (χ4v) is 2.46. The van der Waals surface area contributed by atoms with Crippen LogP contribution in [0, 0.1) is 0 Å². The molecule has 0 heterocycles. The molecule has 2 nitrogen and oxygen atoms in total. The van der Waals surface area contributed by atoms with Gasteiger partial charge in [-0.25, -0.2) is 0 Å². The normalized spacial score (nSPS) is 17.6. The van der Waals surface area contributed by atoms with Crippen molar-refractivity contribution in [3.05, 3.63) is 28.2 Å². The third kappa shape index (κ3) is 3.23. The van der Waals surface area contributed by atoms with Crippen LogP contribution in [0.3, 0.4) is 0 Å². The molecule has 17 heavy (non-hydrogen) atoms. The van der Waals surface area contributed by atoms with E-state index in [0.29, 0.717) is 12.0 Å². The van der Waals surface area contributed by atoms with Crippen LogP contribution in [0.25, 0.3) is 0 Å². The minimum atomic E-state index is 0.431. The van der Waals surface area contributed by atoms with E-state index >= 15 is 0 Å². The number of rotatable bonds is 5. The Morgan fingerprint density at radius 2 is 2.24 bits per heavy atom. The van der Waals surface area contributed by atoms with Crippen LogP contribution in [0.2, 0.25) is 0 Å². The first-order chi connectivity index (χ1) is 8.20. The van der Waals surface area contributed by atoms with Crippen molar-refractivity contribution in [3.8, 4) is 5.75 Å². The van der Waals surface area contributed by atoms with Crippen molar-refractivity contribution in [2.45, 2.75) is 44.6 Å². The summed E-state index contributed by atoms with van der Waals surface area (Å²) in [6.07, 6.45) is 5.12. The van der Waals surface area contributed by atoms with Gasteiger partial charge in [0.05, 0.1) is 6.10 Å². The summed E-state index contributed by atoms with van der Waals surface area (Å²) in [6, 6.07) is 6.28. The second-order valence-electron chi connectivity index (χ2n) is 4.83. The van der Waals surface area contributed by atoms with E-state index in [1.54, 1.807) is 0 Å². The fraction of sp³-hybridized carbons (Fsp3) is 0.571. The zero-order chi connectivity index (χ0) is 12.3. The van der Waals surface area contributed by atoms with Crippen LogP contribution < -0.4 is 10.5 Å². The van der Waals surface area contributed by atoms with Gasteiger partial charge in [0.15, 0.2) is 0 Å². The molecule has 3 heteroatoms. The van der Waals surface area contributed by atoms with Crippen molar-refractivity contribution in [1.82, 2.24) is 0 Å². The Balaban J connectivity index is 2.16. The molecule has 1 aliphatic rings. The molecule has 1 saturated carbocycles. The third-order valence-corrected chi connectivity index (χ3v) is 3.94. The highest BCUT2D eigenvalue weighted by Gasteiger charge is 2.21. The summed E-state index contributed by atoms with van der Waals surface area (Å²) in [5, 5.41) is 0. The molecule has 0 aliphatic heterocycles. The molecule has 2 N–H and O–H groups in total. The Morgan fingerprint density at radius 1 is 1.47 bits per heavy atom. The van der Waals surface area contributed by atoms with Gasteiger partial charge < -0.3 is 10.5 Å². The van der Waals surface area contributed by atoms with Crippen LogP contribution in [-0.2, 0) is 0 Å². The largest absolute Gasteiger partial charge is 0.490 e. The smallest absolute Gasteiger partial charge is 0.123 e. The monoisotopic (exact) mass is 297 g/mol. The maximum Gasteiger partial charge on any atom is 0.123 e. The first-order valence-corrected chi connectivity index (χ1v) is 7.16. The van der Waals surface area contributed by atoms with Gasteiger partial charge in [-0.05, 0) is 61.9 Å².